The van der Waals surface area contributed by atoms with Gasteiger partial charge in [0.15, 0.2) is 0 Å². The minimum Gasteiger partial charge on any atom is -0.461 e. The summed E-state index contributed by atoms with van der Waals surface area (Å²) < 4.78 is 7.19. The molecule has 2 N–H and O–H groups in total. The first kappa shape index (κ1) is 19.7. The highest BCUT2D eigenvalue weighted by Gasteiger charge is 2.37. The van der Waals surface area contributed by atoms with Gasteiger partial charge in [-0.15, -0.1) is 0 Å². The summed E-state index contributed by atoms with van der Waals surface area (Å²) in [6.45, 7) is 6.63. The number of aromatic nitrogens is 2. The fraction of sp³-hybridized carbons (Fsp3) is 0.450. The Morgan fingerprint density at radius 3 is 2.76 bits per heavy atom. The molecule has 0 radical (unpaired) electrons. The van der Waals surface area contributed by atoms with Crippen LogP contribution in [0.1, 0.15) is 48.1 Å². The zero-order valence-electron chi connectivity index (χ0n) is 16.8. The Bertz CT molecular complexity index is 998. The van der Waals surface area contributed by atoms with Crippen LogP contribution in [-0.2, 0) is 35.5 Å². The van der Waals surface area contributed by atoms with Crippen molar-refractivity contribution in [3.63, 3.8) is 0 Å². The Balaban J connectivity index is 1.71. The van der Waals surface area contributed by atoms with E-state index in [4.69, 9.17) is 4.74 Å². The van der Waals surface area contributed by atoms with Gasteiger partial charge in [-0.3, -0.25) is 14.6 Å². The molecule has 1 aliphatic heterocycles. The second-order valence-electron chi connectivity index (χ2n) is 8.48. The average molecular weight is 397 g/mol. The van der Waals surface area contributed by atoms with Crippen LogP contribution in [0.2, 0.25) is 0 Å². The van der Waals surface area contributed by atoms with Crippen molar-refractivity contribution in [2.75, 3.05) is 11.4 Å². The van der Waals surface area contributed by atoms with Crippen LogP contribution in [0.5, 0.6) is 0 Å². The summed E-state index contributed by atoms with van der Waals surface area (Å²) in [6, 6.07) is 3.62. The molecule has 152 valence electrons. The third-order valence-electron chi connectivity index (χ3n) is 5.64. The van der Waals surface area contributed by atoms with Crippen LogP contribution in [0.4, 0.5) is 5.69 Å². The Morgan fingerprint density at radius 2 is 2.07 bits per heavy atom. The van der Waals surface area contributed by atoms with Gasteiger partial charge in [-0.25, -0.2) is 0 Å². The van der Waals surface area contributed by atoms with Gasteiger partial charge in [0.25, 0.3) is 5.91 Å². The van der Waals surface area contributed by atoms with E-state index in [0.29, 0.717) is 30.0 Å². The minimum atomic E-state index is -1.84. The number of anilines is 1. The minimum absolute atomic E-state index is 0.0262. The van der Waals surface area contributed by atoms with Gasteiger partial charge in [0.1, 0.15) is 12.3 Å². The number of carbonyl (C=O) groups excluding carboxylic acids is 2. The molecule has 0 atom stereocenters. The highest BCUT2D eigenvalue weighted by atomic mass is 16.5. The van der Waals surface area contributed by atoms with Crippen LogP contribution in [-0.4, -0.2) is 45.1 Å². The molecule has 0 bridgehead atoms. The molecular formula is C20H24BN3O5. The SMILES string of the molecule is CC(=O)OCc1c(N2CCn3c(cc4c3CC(C)(C)C4)C2=O)ccnc1B(O)O. The summed E-state index contributed by atoms with van der Waals surface area (Å²) in [5, 5.41) is 19.4. The second-order valence-corrected chi connectivity index (χ2v) is 8.48. The number of pyridine rings is 1. The van der Waals surface area contributed by atoms with Crippen LogP contribution in [0.3, 0.4) is 0 Å². The number of esters is 1. The second kappa shape index (κ2) is 7.00. The molecule has 29 heavy (non-hydrogen) atoms. The lowest BCUT2D eigenvalue weighted by atomic mass is 9.81. The van der Waals surface area contributed by atoms with Gasteiger partial charge in [-0.1, -0.05) is 13.8 Å². The maximum Gasteiger partial charge on any atom is 0.508 e. The quantitative estimate of drug-likeness (QED) is 0.572. The monoisotopic (exact) mass is 397 g/mol. The van der Waals surface area contributed by atoms with E-state index in [9.17, 15) is 19.6 Å². The zero-order chi connectivity index (χ0) is 20.9. The van der Waals surface area contributed by atoms with Crippen LogP contribution >= 0.6 is 0 Å². The Hall–Kier alpha value is -2.65. The first-order chi connectivity index (χ1) is 13.7. The molecule has 0 unspecified atom stereocenters. The van der Waals surface area contributed by atoms with E-state index >= 15 is 0 Å². The first-order valence-corrected chi connectivity index (χ1v) is 9.68. The van der Waals surface area contributed by atoms with E-state index in [-0.39, 0.29) is 23.5 Å². The fourth-order valence-electron chi connectivity index (χ4n) is 4.44. The molecule has 3 heterocycles. The summed E-state index contributed by atoms with van der Waals surface area (Å²) in [4.78, 5) is 30.2. The number of ether oxygens (including phenoxy) is 1. The lowest BCUT2D eigenvalue weighted by molar-refractivity contribution is -0.142. The molecule has 0 saturated heterocycles. The van der Waals surface area contributed by atoms with E-state index in [2.05, 4.69) is 23.4 Å². The van der Waals surface area contributed by atoms with Crippen LogP contribution in [0.15, 0.2) is 18.3 Å². The van der Waals surface area contributed by atoms with Crippen molar-refractivity contribution in [2.24, 2.45) is 5.41 Å². The number of hydrogen-bond donors (Lipinski definition) is 2. The summed E-state index contributed by atoms with van der Waals surface area (Å²) in [5.74, 6) is -0.659. The van der Waals surface area contributed by atoms with E-state index in [1.165, 1.54) is 24.4 Å². The largest absolute Gasteiger partial charge is 0.508 e. The smallest absolute Gasteiger partial charge is 0.461 e. The number of carbonyl (C=O) groups is 2. The van der Waals surface area contributed by atoms with Gasteiger partial charge in [0.05, 0.1) is 11.3 Å². The Morgan fingerprint density at radius 1 is 1.31 bits per heavy atom. The lowest BCUT2D eigenvalue weighted by Gasteiger charge is -2.31. The van der Waals surface area contributed by atoms with Crippen molar-refractivity contribution in [3.05, 3.63) is 40.8 Å². The molecule has 2 aromatic heterocycles. The van der Waals surface area contributed by atoms with E-state index in [1.54, 1.807) is 11.0 Å². The Labute approximate surface area is 169 Å². The molecule has 0 fully saturated rings. The highest BCUT2D eigenvalue weighted by molar-refractivity contribution is 6.58. The molecule has 2 aromatic rings. The molecule has 0 aromatic carbocycles. The van der Waals surface area contributed by atoms with Gasteiger partial charge >= 0.3 is 13.1 Å². The third kappa shape index (κ3) is 3.45. The number of rotatable bonds is 4. The van der Waals surface area contributed by atoms with Crippen molar-refractivity contribution in [1.82, 2.24) is 9.55 Å². The van der Waals surface area contributed by atoms with Crippen molar-refractivity contribution in [2.45, 2.75) is 46.8 Å². The standard InChI is InChI=1S/C20H24BN3O5/c1-12(25)29-11-14-15(4-5-22-18(14)21(27)28)24-7-6-23-16(19(24)26)8-13-9-20(2,3)10-17(13)23/h4-5,8,27-28H,6-7,9-11H2,1-3H3. The number of amides is 1. The van der Waals surface area contributed by atoms with E-state index in [0.717, 1.165) is 12.8 Å². The molecule has 0 spiro atoms. The normalized spacial score (nSPS) is 17.1. The van der Waals surface area contributed by atoms with Gasteiger partial charge in [0, 0.05) is 37.5 Å². The van der Waals surface area contributed by atoms with Crippen molar-refractivity contribution >= 4 is 30.3 Å². The van der Waals surface area contributed by atoms with Gasteiger partial charge in [0.2, 0.25) is 0 Å². The third-order valence-corrected chi connectivity index (χ3v) is 5.64. The highest BCUT2D eigenvalue weighted by Crippen LogP contribution is 2.39. The zero-order valence-corrected chi connectivity index (χ0v) is 16.8. The average Bonchev–Trinajstić information content (AvgIpc) is 3.12. The van der Waals surface area contributed by atoms with Crippen molar-refractivity contribution in [1.29, 1.82) is 0 Å². The molecule has 0 saturated carbocycles. The summed E-state index contributed by atoms with van der Waals surface area (Å²) >= 11 is 0. The fourth-order valence-corrected chi connectivity index (χ4v) is 4.44. The van der Waals surface area contributed by atoms with Crippen molar-refractivity contribution < 1.29 is 24.4 Å². The van der Waals surface area contributed by atoms with Gasteiger partial charge in [-0.05, 0) is 36.0 Å². The lowest BCUT2D eigenvalue weighted by Crippen LogP contribution is -2.44. The number of nitrogens with zero attached hydrogens (tertiary/aromatic N) is 3. The predicted molar refractivity (Wildman–Crippen MR) is 107 cm³/mol. The Kier molecular flexibility index (Phi) is 4.75. The molecule has 1 aliphatic carbocycles. The van der Waals surface area contributed by atoms with Crippen molar-refractivity contribution in [3.8, 4) is 0 Å². The molecule has 9 heteroatoms. The van der Waals surface area contributed by atoms with Crippen LogP contribution in [0.25, 0.3) is 0 Å². The van der Waals surface area contributed by atoms with Crippen LogP contribution < -0.4 is 10.5 Å². The number of fused-ring (bicyclic) bond motifs is 3. The number of hydrogen-bond acceptors (Lipinski definition) is 6. The predicted octanol–water partition coefficient (Wildman–Crippen LogP) is 0.411. The van der Waals surface area contributed by atoms with E-state index < -0.39 is 13.1 Å². The molecule has 8 nitrogen and oxygen atoms in total. The maximum atomic E-state index is 13.3. The molecular weight excluding hydrogens is 373 g/mol. The topological polar surface area (TPSA) is 105 Å². The van der Waals surface area contributed by atoms with Gasteiger partial charge < -0.3 is 24.3 Å². The molecule has 1 amide bonds. The van der Waals surface area contributed by atoms with Crippen LogP contribution in [0, 0.1) is 5.41 Å². The summed E-state index contributed by atoms with van der Waals surface area (Å²) in [7, 11) is -1.84. The maximum absolute atomic E-state index is 13.3. The molecule has 4 rings (SSSR count). The van der Waals surface area contributed by atoms with Gasteiger partial charge in [-0.2, -0.15) is 0 Å². The first-order valence-electron chi connectivity index (χ1n) is 9.68. The molecule has 2 aliphatic rings. The summed E-state index contributed by atoms with van der Waals surface area (Å²) in [6.07, 6.45) is 3.32. The van der Waals surface area contributed by atoms with E-state index in [1.807, 2.05) is 6.07 Å². The summed E-state index contributed by atoms with van der Waals surface area (Å²) in [5.41, 5.74) is 4.07.